The second-order valence-corrected chi connectivity index (χ2v) is 7.51. The first-order valence-electron chi connectivity index (χ1n) is 10.0. The van der Waals surface area contributed by atoms with E-state index in [1.54, 1.807) is 0 Å². The molecule has 1 heterocycles. The number of hydrogen-bond acceptors (Lipinski definition) is 3. The molecule has 0 spiro atoms. The molecule has 1 amide bonds. The third-order valence-corrected chi connectivity index (χ3v) is 5.27. The molecule has 1 aliphatic heterocycles. The van der Waals surface area contributed by atoms with Gasteiger partial charge in [-0.1, -0.05) is 72.3 Å². The van der Waals surface area contributed by atoms with Crippen LogP contribution in [-0.2, 0) is 17.9 Å². The van der Waals surface area contributed by atoms with Gasteiger partial charge in [-0.25, -0.2) is 0 Å². The van der Waals surface area contributed by atoms with Crippen LogP contribution in [-0.4, -0.2) is 18.6 Å². The zero-order valence-corrected chi connectivity index (χ0v) is 16.7. The SMILES string of the molecule is Cc1ccc(CN2c3ccccc3OCC2CC(=O)NCc2ccccc2)cc1. The van der Waals surface area contributed by atoms with Crippen molar-refractivity contribution < 1.29 is 9.53 Å². The predicted octanol–water partition coefficient (Wildman–Crippen LogP) is 4.47. The van der Waals surface area contributed by atoms with Gasteiger partial charge in [0.1, 0.15) is 12.4 Å². The summed E-state index contributed by atoms with van der Waals surface area (Å²) < 4.78 is 5.97. The fourth-order valence-corrected chi connectivity index (χ4v) is 3.65. The van der Waals surface area contributed by atoms with Crippen molar-refractivity contribution in [2.45, 2.75) is 32.5 Å². The summed E-state index contributed by atoms with van der Waals surface area (Å²) in [7, 11) is 0. The first kappa shape index (κ1) is 19.1. The molecule has 0 fully saturated rings. The molecule has 4 rings (SSSR count). The van der Waals surface area contributed by atoms with Crippen molar-refractivity contribution in [3.63, 3.8) is 0 Å². The van der Waals surface area contributed by atoms with Gasteiger partial charge in [0.2, 0.25) is 5.91 Å². The highest BCUT2D eigenvalue weighted by Gasteiger charge is 2.29. The molecule has 4 nitrogen and oxygen atoms in total. The summed E-state index contributed by atoms with van der Waals surface area (Å²) in [6.45, 7) is 3.88. The molecular formula is C25H26N2O2. The van der Waals surface area contributed by atoms with Gasteiger partial charge in [0.05, 0.1) is 18.2 Å². The van der Waals surface area contributed by atoms with Gasteiger partial charge in [0, 0.05) is 13.1 Å². The van der Waals surface area contributed by atoms with Crippen molar-refractivity contribution >= 4 is 11.6 Å². The third kappa shape index (κ3) is 4.77. The molecule has 3 aromatic carbocycles. The molecule has 1 aliphatic rings. The maximum atomic E-state index is 12.6. The number of ether oxygens (including phenoxy) is 1. The Morgan fingerprint density at radius 3 is 2.48 bits per heavy atom. The molecule has 0 bridgehead atoms. The Balaban J connectivity index is 1.48. The van der Waals surface area contributed by atoms with Crippen molar-refractivity contribution in [2.24, 2.45) is 0 Å². The van der Waals surface area contributed by atoms with E-state index in [0.717, 1.165) is 23.5 Å². The minimum absolute atomic E-state index is 0.0121. The molecule has 4 heteroatoms. The normalized spacial score (nSPS) is 15.3. The summed E-state index contributed by atoms with van der Waals surface area (Å²) in [4.78, 5) is 14.9. The second-order valence-electron chi connectivity index (χ2n) is 7.51. The molecule has 3 aromatic rings. The molecule has 0 saturated heterocycles. The van der Waals surface area contributed by atoms with Crippen LogP contribution >= 0.6 is 0 Å². The lowest BCUT2D eigenvalue weighted by Crippen LogP contribution is -2.45. The van der Waals surface area contributed by atoms with Crippen LogP contribution in [0.3, 0.4) is 0 Å². The van der Waals surface area contributed by atoms with Crippen LogP contribution in [0.25, 0.3) is 0 Å². The Morgan fingerprint density at radius 2 is 1.69 bits per heavy atom. The first-order valence-corrected chi connectivity index (χ1v) is 10.0. The smallest absolute Gasteiger partial charge is 0.222 e. The number of carbonyl (C=O) groups is 1. The zero-order valence-electron chi connectivity index (χ0n) is 16.7. The Hall–Kier alpha value is -3.27. The minimum Gasteiger partial charge on any atom is -0.489 e. The molecule has 1 atom stereocenters. The quantitative estimate of drug-likeness (QED) is 0.680. The largest absolute Gasteiger partial charge is 0.489 e. The van der Waals surface area contributed by atoms with Gasteiger partial charge in [-0.3, -0.25) is 4.79 Å². The van der Waals surface area contributed by atoms with Crippen molar-refractivity contribution in [3.8, 4) is 5.75 Å². The summed E-state index contributed by atoms with van der Waals surface area (Å²) in [5.41, 5.74) is 4.61. The molecular weight excluding hydrogens is 360 g/mol. The summed E-state index contributed by atoms with van der Waals surface area (Å²) in [5.74, 6) is 0.913. The number of nitrogens with zero attached hydrogens (tertiary/aromatic N) is 1. The molecule has 29 heavy (non-hydrogen) atoms. The summed E-state index contributed by atoms with van der Waals surface area (Å²) in [5, 5.41) is 3.04. The van der Waals surface area contributed by atoms with Gasteiger partial charge < -0.3 is 15.0 Å². The Labute approximate surface area is 172 Å². The predicted molar refractivity (Wildman–Crippen MR) is 116 cm³/mol. The lowest BCUT2D eigenvalue weighted by Gasteiger charge is -2.38. The van der Waals surface area contributed by atoms with Crippen molar-refractivity contribution in [1.29, 1.82) is 0 Å². The van der Waals surface area contributed by atoms with Crippen LogP contribution in [0.4, 0.5) is 5.69 Å². The molecule has 0 aromatic heterocycles. The Morgan fingerprint density at radius 1 is 0.966 bits per heavy atom. The number of anilines is 1. The lowest BCUT2D eigenvalue weighted by atomic mass is 10.1. The van der Waals surface area contributed by atoms with E-state index in [4.69, 9.17) is 4.74 Å². The number of para-hydroxylation sites is 2. The van der Waals surface area contributed by atoms with E-state index >= 15 is 0 Å². The summed E-state index contributed by atoms with van der Waals surface area (Å²) >= 11 is 0. The van der Waals surface area contributed by atoms with E-state index in [-0.39, 0.29) is 11.9 Å². The second kappa shape index (κ2) is 8.82. The highest BCUT2D eigenvalue weighted by molar-refractivity contribution is 5.77. The standard InChI is InChI=1S/C25H26N2O2/c1-19-11-13-21(14-12-19)17-27-22(18-29-24-10-6-5-9-23(24)27)15-25(28)26-16-20-7-3-2-4-8-20/h2-14,22H,15-18H2,1H3,(H,26,28). The topological polar surface area (TPSA) is 41.6 Å². The molecule has 148 valence electrons. The van der Waals surface area contributed by atoms with Crippen LogP contribution in [0.1, 0.15) is 23.1 Å². The highest BCUT2D eigenvalue weighted by Crippen LogP contribution is 2.35. The number of fused-ring (bicyclic) bond motifs is 1. The fourth-order valence-electron chi connectivity index (χ4n) is 3.65. The van der Waals surface area contributed by atoms with Gasteiger partial charge in [-0.15, -0.1) is 0 Å². The van der Waals surface area contributed by atoms with Crippen LogP contribution in [0.5, 0.6) is 5.75 Å². The van der Waals surface area contributed by atoms with Gasteiger partial charge in [-0.2, -0.15) is 0 Å². The monoisotopic (exact) mass is 386 g/mol. The molecule has 0 saturated carbocycles. The molecule has 1 N–H and O–H groups in total. The summed E-state index contributed by atoms with van der Waals surface area (Å²) in [6.07, 6.45) is 0.396. The first-order chi connectivity index (χ1) is 14.2. The van der Waals surface area contributed by atoms with Crippen molar-refractivity contribution in [2.75, 3.05) is 11.5 Å². The highest BCUT2D eigenvalue weighted by atomic mass is 16.5. The van der Waals surface area contributed by atoms with E-state index in [1.165, 1.54) is 11.1 Å². The number of carbonyl (C=O) groups excluding carboxylic acids is 1. The minimum atomic E-state index is -0.0121. The average molecular weight is 386 g/mol. The maximum Gasteiger partial charge on any atom is 0.222 e. The molecule has 1 unspecified atom stereocenters. The van der Waals surface area contributed by atoms with Crippen molar-refractivity contribution in [1.82, 2.24) is 5.32 Å². The average Bonchev–Trinajstić information content (AvgIpc) is 2.76. The van der Waals surface area contributed by atoms with E-state index in [9.17, 15) is 4.79 Å². The number of rotatable bonds is 6. The number of benzene rings is 3. The maximum absolute atomic E-state index is 12.6. The van der Waals surface area contributed by atoms with E-state index in [0.29, 0.717) is 19.6 Å². The van der Waals surface area contributed by atoms with E-state index < -0.39 is 0 Å². The van der Waals surface area contributed by atoms with Crippen LogP contribution in [0.15, 0.2) is 78.9 Å². The van der Waals surface area contributed by atoms with Crippen LogP contribution < -0.4 is 15.0 Å². The molecule has 0 radical (unpaired) electrons. The van der Waals surface area contributed by atoms with E-state index in [2.05, 4.69) is 47.5 Å². The fraction of sp³-hybridized carbons (Fsp3) is 0.240. The number of aryl methyl sites for hydroxylation is 1. The lowest BCUT2D eigenvalue weighted by molar-refractivity contribution is -0.121. The van der Waals surface area contributed by atoms with Gasteiger partial charge in [-0.05, 0) is 30.2 Å². The third-order valence-electron chi connectivity index (χ3n) is 5.27. The number of nitrogens with one attached hydrogen (secondary N) is 1. The van der Waals surface area contributed by atoms with Crippen LogP contribution in [0, 0.1) is 6.92 Å². The number of hydrogen-bond donors (Lipinski definition) is 1. The Kier molecular flexibility index (Phi) is 5.80. The number of amides is 1. The van der Waals surface area contributed by atoms with Crippen molar-refractivity contribution in [3.05, 3.63) is 95.6 Å². The van der Waals surface area contributed by atoms with Crippen LogP contribution in [0.2, 0.25) is 0 Å². The molecule has 0 aliphatic carbocycles. The van der Waals surface area contributed by atoms with Gasteiger partial charge in [0.25, 0.3) is 0 Å². The Bertz CT molecular complexity index is 954. The summed E-state index contributed by atoms with van der Waals surface area (Å²) in [6, 6.07) is 26.6. The zero-order chi connectivity index (χ0) is 20.1. The van der Waals surface area contributed by atoms with E-state index in [1.807, 2.05) is 48.5 Å². The van der Waals surface area contributed by atoms with Gasteiger partial charge >= 0.3 is 0 Å². The van der Waals surface area contributed by atoms with Gasteiger partial charge in [0.15, 0.2) is 0 Å².